The van der Waals surface area contributed by atoms with Gasteiger partial charge >= 0.3 is 0 Å². The van der Waals surface area contributed by atoms with Gasteiger partial charge in [0.05, 0.1) is 0 Å². The Morgan fingerprint density at radius 2 is 2.13 bits per heavy atom. The molecule has 0 aliphatic heterocycles. The van der Waals surface area contributed by atoms with Crippen molar-refractivity contribution in [2.45, 2.75) is 36.6 Å². The summed E-state index contributed by atoms with van der Waals surface area (Å²) in [6, 6.07) is 3.58. The van der Waals surface area contributed by atoms with Gasteiger partial charge in [-0.15, -0.1) is 10.2 Å². The number of nitrogens with two attached hydrogens (primary N) is 1. The molecule has 0 aliphatic rings. The number of nitrogens with zero attached hydrogens (tertiary/aromatic N) is 3. The number of aryl methyl sites for hydroxylation is 1. The van der Waals surface area contributed by atoms with Crippen LogP contribution >= 0.6 is 11.8 Å². The number of carbonyl (C=O) groups is 1. The molecule has 23 heavy (non-hydrogen) atoms. The van der Waals surface area contributed by atoms with Crippen LogP contribution in [0, 0.1) is 11.6 Å². The molecule has 0 saturated heterocycles. The lowest BCUT2D eigenvalue weighted by atomic mass is 10.1. The molecule has 1 amide bonds. The molecule has 2 aromatic rings. The second kappa shape index (κ2) is 7.54. The summed E-state index contributed by atoms with van der Waals surface area (Å²) in [7, 11) is 1.78. The molecule has 1 aromatic carbocycles. The van der Waals surface area contributed by atoms with E-state index < -0.39 is 17.5 Å². The third-order valence-corrected chi connectivity index (χ3v) is 4.89. The highest BCUT2D eigenvalue weighted by atomic mass is 32.2. The Balaban J connectivity index is 2.17. The molecule has 0 aliphatic carbocycles. The zero-order chi connectivity index (χ0) is 17.0. The van der Waals surface area contributed by atoms with Gasteiger partial charge in [0.2, 0.25) is 5.91 Å². The van der Waals surface area contributed by atoms with Crippen molar-refractivity contribution in [1.82, 2.24) is 14.8 Å². The monoisotopic (exact) mass is 340 g/mol. The lowest BCUT2D eigenvalue weighted by Crippen LogP contribution is -2.13. The quantitative estimate of drug-likeness (QED) is 0.787. The molecule has 0 saturated carbocycles. The largest absolute Gasteiger partial charge is 0.370 e. The van der Waals surface area contributed by atoms with Gasteiger partial charge in [-0.1, -0.05) is 24.8 Å². The molecule has 2 rings (SSSR count). The number of carbonyl (C=O) groups excluding carboxylic acids is 1. The average molecular weight is 340 g/mol. The van der Waals surface area contributed by atoms with Crippen molar-refractivity contribution in [2.75, 3.05) is 0 Å². The van der Waals surface area contributed by atoms with Gasteiger partial charge in [-0.2, -0.15) is 0 Å². The van der Waals surface area contributed by atoms with E-state index in [-0.39, 0.29) is 11.7 Å². The highest BCUT2D eigenvalue weighted by Crippen LogP contribution is 2.38. The summed E-state index contributed by atoms with van der Waals surface area (Å²) < 4.78 is 28.8. The Morgan fingerprint density at radius 1 is 1.39 bits per heavy atom. The molecule has 2 N–H and O–H groups in total. The van der Waals surface area contributed by atoms with E-state index >= 15 is 0 Å². The van der Waals surface area contributed by atoms with Crippen molar-refractivity contribution in [2.24, 2.45) is 12.8 Å². The van der Waals surface area contributed by atoms with E-state index in [1.165, 1.54) is 23.9 Å². The molecule has 0 radical (unpaired) electrons. The summed E-state index contributed by atoms with van der Waals surface area (Å²) in [5, 5.41) is 8.52. The third-order valence-electron chi connectivity index (χ3n) is 3.45. The summed E-state index contributed by atoms with van der Waals surface area (Å²) in [6.07, 6.45) is 1.25. The fourth-order valence-electron chi connectivity index (χ4n) is 2.16. The average Bonchev–Trinajstić information content (AvgIpc) is 2.84. The molecule has 1 heterocycles. The summed E-state index contributed by atoms with van der Waals surface area (Å²) in [6.45, 7) is 1.92. The van der Waals surface area contributed by atoms with Crippen LogP contribution in [0.1, 0.15) is 36.4 Å². The van der Waals surface area contributed by atoms with Gasteiger partial charge in [0.1, 0.15) is 17.5 Å². The fourth-order valence-corrected chi connectivity index (χ4v) is 3.25. The highest BCUT2D eigenvalue weighted by molar-refractivity contribution is 7.99. The number of primary amides is 1. The zero-order valence-corrected chi connectivity index (χ0v) is 13.7. The number of halogens is 2. The van der Waals surface area contributed by atoms with Crippen molar-refractivity contribution < 1.29 is 13.6 Å². The molecule has 1 unspecified atom stereocenters. The number of benzene rings is 1. The normalized spacial score (nSPS) is 12.3. The van der Waals surface area contributed by atoms with Crippen molar-refractivity contribution in [3.8, 4) is 0 Å². The molecule has 0 spiro atoms. The first-order chi connectivity index (χ1) is 10.9. The van der Waals surface area contributed by atoms with E-state index in [2.05, 4.69) is 10.2 Å². The molecular formula is C15H18F2N4OS. The van der Waals surface area contributed by atoms with Gasteiger partial charge < -0.3 is 10.3 Å². The van der Waals surface area contributed by atoms with E-state index in [0.29, 0.717) is 29.4 Å². The van der Waals surface area contributed by atoms with Crippen molar-refractivity contribution in [3.05, 3.63) is 41.2 Å². The standard InChI is InChI=1S/C15H18F2N4OS/c1-3-12(10-5-4-9(16)8-11(10)17)23-15-20-19-14(21(15)2)7-6-13(18)22/h4-5,8,12H,3,6-7H2,1-2H3,(H2,18,22). The lowest BCUT2D eigenvalue weighted by molar-refractivity contribution is -0.118. The molecule has 0 fully saturated rings. The molecular weight excluding hydrogens is 322 g/mol. The second-order valence-corrected chi connectivity index (χ2v) is 6.27. The summed E-state index contributed by atoms with van der Waals surface area (Å²) in [5.41, 5.74) is 5.56. The Kier molecular flexibility index (Phi) is 5.70. The minimum absolute atomic E-state index is 0.195. The van der Waals surface area contributed by atoms with E-state index in [0.717, 1.165) is 6.07 Å². The molecule has 8 heteroatoms. The van der Waals surface area contributed by atoms with Crippen LogP contribution < -0.4 is 5.73 Å². The topological polar surface area (TPSA) is 73.8 Å². The van der Waals surface area contributed by atoms with Crippen molar-refractivity contribution in [1.29, 1.82) is 0 Å². The third kappa shape index (κ3) is 4.28. The van der Waals surface area contributed by atoms with Crippen LogP contribution in [0.4, 0.5) is 8.78 Å². The second-order valence-electron chi connectivity index (χ2n) is 5.10. The number of hydrogen-bond acceptors (Lipinski definition) is 4. The molecule has 0 bridgehead atoms. The Labute approximate surface area is 137 Å². The number of hydrogen-bond donors (Lipinski definition) is 1. The van der Waals surface area contributed by atoms with Crippen LogP contribution in [0.15, 0.2) is 23.4 Å². The van der Waals surface area contributed by atoms with Gasteiger partial charge in [-0.3, -0.25) is 4.79 Å². The van der Waals surface area contributed by atoms with Crippen LogP contribution in [0.2, 0.25) is 0 Å². The van der Waals surface area contributed by atoms with Crippen LogP contribution in [-0.2, 0) is 18.3 Å². The molecule has 1 atom stereocenters. The van der Waals surface area contributed by atoms with E-state index in [4.69, 9.17) is 5.73 Å². The maximum atomic E-state index is 14.0. The lowest BCUT2D eigenvalue weighted by Gasteiger charge is -2.15. The number of rotatable bonds is 7. The summed E-state index contributed by atoms with van der Waals surface area (Å²) in [4.78, 5) is 10.9. The number of thioether (sulfide) groups is 1. The Bertz CT molecular complexity index is 705. The fraction of sp³-hybridized carbons (Fsp3) is 0.400. The molecule has 124 valence electrons. The van der Waals surface area contributed by atoms with Crippen LogP contribution in [0.3, 0.4) is 0 Å². The number of aromatic nitrogens is 3. The van der Waals surface area contributed by atoms with Crippen LogP contribution in [-0.4, -0.2) is 20.7 Å². The smallest absolute Gasteiger partial charge is 0.217 e. The van der Waals surface area contributed by atoms with E-state index in [1.54, 1.807) is 11.6 Å². The Morgan fingerprint density at radius 3 is 2.74 bits per heavy atom. The Hall–Kier alpha value is -1.96. The van der Waals surface area contributed by atoms with Gasteiger partial charge in [-0.25, -0.2) is 8.78 Å². The van der Waals surface area contributed by atoms with Crippen molar-refractivity contribution >= 4 is 17.7 Å². The number of amides is 1. The first kappa shape index (κ1) is 17.4. The summed E-state index contributed by atoms with van der Waals surface area (Å²) in [5.74, 6) is -0.929. The maximum absolute atomic E-state index is 14.0. The molecule has 1 aromatic heterocycles. The summed E-state index contributed by atoms with van der Waals surface area (Å²) >= 11 is 1.35. The van der Waals surface area contributed by atoms with Crippen molar-refractivity contribution in [3.63, 3.8) is 0 Å². The van der Waals surface area contributed by atoms with Gasteiger partial charge in [0.15, 0.2) is 5.16 Å². The maximum Gasteiger partial charge on any atom is 0.217 e. The zero-order valence-electron chi connectivity index (χ0n) is 12.9. The SMILES string of the molecule is CCC(Sc1nnc(CCC(N)=O)n1C)c1ccc(F)cc1F. The van der Waals surface area contributed by atoms with Gasteiger partial charge in [0, 0.05) is 36.8 Å². The van der Waals surface area contributed by atoms with Gasteiger partial charge in [-0.05, 0) is 12.5 Å². The minimum Gasteiger partial charge on any atom is -0.370 e. The minimum atomic E-state index is -0.599. The first-order valence-corrected chi connectivity index (χ1v) is 8.08. The van der Waals surface area contributed by atoms with Crippen LogP contribution in [0.25, 0.3) is 0 Å². The predicted octanol–water partition coefficient (Wildman–Crippen LogP) is 2.75. The van der Waals surface area contributed by atoms with E-state index in [9.17, 15) is 13.6 Å². The molecule has 5 nitrogen and oxygen atoms in total. The predicted molar refractivity (Wildman–Crippen MR) is 83.8 cm³/mol. The first-order valence-electron chi connectivity index (χ1n) is 7.20. The highest BCUT2D eigenvalue weighted by Gasteiger charge is 2.20. The van der Waals surface area contributed by atoms with Gasteiger partial charge in [0.25, 0.3) is 0 Å². The van der Waals surface area contributed by atoms with E-state index in [1.807, 2.05) is 6.92 Å². The van der Waals surface area contributed by atoms with Crippen LogP contribution in [0.5, 0.6) is 0 Å².